The topological polar surface area (TPSA) is 83.8 Å². The molecule has 5 rings (SSSR count). The van der Waals surface area contributed by atoms with Crippen molar-refractivity contribution in [1.82, 2.24) is 30.0 Å². The number of benzene rings is 1. The van der Waals surface area contributed by atoms with E-state index >= 15 is 0 Å². The van der Waals surface area contributed by atoms with E-state index in [0.29, 0.717) is 17.3 Å². The molecule has 0 radical (unpaired) electrons. The second-order valence-electron chi connectivity index (χ2n) is 9.00. The van der Waals surface area contributed by atoms with E-state index in [-0.39, 0.29) is 11.6 Å². The van der Waals surface area contributed by atoms with E-state index in [4.69, 9.17) is 0 Å². The monoisotopic (exact) mass is 460 g/mol. The van der Waals surface area contributed by atoms with Gasteiger partial charge < -0.3 is 15.5 Å². The van der Waals surface area contributed by atoms with Gasteiger partial charge >= 0.3 is 0 Å². The van der Waals surface area contributed by atoms with E-state index in [1.165, 1.54) is 6.20 Å². The van der Waals surface area contributed by atoms with Crippen molar-refractivity contribution in [3.63, 3.8) is 0 Å². The van der Waals surface area contributed by atoms with Crippen LogP contribution >= 0.6 is 0 Å². The Hall–Kier alpha value is -3.59. The van der Waals surface area contributed by atoms with E-state index in [2.05, 4.69) is 56.4 Å². The number of nitrogens with one attached hydrogen (secondary N) is 2. The zero-order valence-electron chi connectivity index (χ0n) is 19.9. The Bertz CT molecular complexity index is 1340. The number of aryl methyl sites for hydroxylation is 2. The number of piperazine rings is 1. The van der Waals surface area contributed by atoms with E-state index in [9.17, 15) is 4.39 Å². The molecule has 176 valence electrons. The molecular formula is C25H29FN8. The summed E-state index contributed by atoms with van der Waals surface area (Å²) in [6.07, 6.45) is 3.07. The van der Waals surface area contributed by atoms with Crippen molar-refractivity contribution >= 4 is 28.4 Å². The Kier molecular flexibility index (Phi) is 5.87. The van der Waals surface area contributed by atoms with Crippen LogP contribution < -0.4 is 15.5 Å². The first-order valence-electron chi connectivity index (χ1n) is 11.6. The molecule has 4 heterocycles. The number of anilines is 3. The minimum absolute atomic E-state index is 0.243. The van der Waals surface area contributed by atoms with Gasteiger partial charge in [0.1, 0.15) is 11.5 Å². The summed E-state index contributed by atoms with van der Waals surface area (Å²) in [7, 11) is 1.94. The van der Waals surface area contributed by atoms with Crippen LogP contribution in [0.2, 0.25) is 0 Å². The third-order valence-corrected chi connectivity index (χ3v) is 6.22. The van der Waals surface area contributed by atoms with Crippen LogP contribution in [0.5, 0.6) is 0 Å². The van der Waals surface area contributed by atoms with Crippen molar-refractivity contribution < 1.29 is 4.39 Å². The number of fused-ring (bicyclic) bond motifs is 1. The summed E-state index contributed by atoms with van der Waals surface area (Å²) in [5.41, 5.74) is 5.15. The number of hydrogen-bond donors (Lipinski definition) is 2. The van der Waals surface area contributed by atoms with E-state index < -0.39 is 5.82 Å². The largest absolute Gasteiger partial charge is 0.368 e. The Balaban J connectivity index is 1.44. The molecule has 1 fully saturated rings. The molecule has 0 amide bonds. The number of nitrogens with zero attached hydrogens (tertiary/aromatic N) is 6. The zero-order valence-corrected chi connectivity index (χ0v) is 19.9. The summed E-state index contributed by atoms with van der Waals surface area (Å²) in [4.78, 5) is 15.5. The lowest BCUT2D eigenvalue weighted by atomic mass is 10.0. The van der Waals surface area contributed by atoms with Gasteiger partial charge in [-0.05, 0) is 36.6 Å². The summed E-state index contributed by atoms with van der Waals surface area (Å²) in [6, 6.07) is 7.68. The first kappa shape index (κ1) is 22.2. The highest BCUT2D eigenvalue weighted by Gasteiger charge is 2.17. The van der Waals surface area contributed by atoms with Gasteiger partial charge in [0.2, 0.25) is 5.95 Å². The number of rotatable bonds is 5. The maximum absolute atomic E-state index is 14.8. The standard InChI is InChI=1S/C25H29FN8/c1-15(2)24-18-12-17(5-6-20(18)32-33(24)4)23-19(26)13-29-25(31-23)30-22-11-16(3)21(14-28-22)34-9-7-27-8-10-34/h5-6,11-15,27H,7-10H2,1-4H3,(H,28,29,30,31). The van der Waals surface area contributed by atoms with Gasteiger partial charge in [-0.2, -0.15) is 5.10 Å². The Morgan fingerprint density at radius 1 is 1.09 bits per heavy atom. The molecule has 8 nitrogen and oxygen atoms in total. The fourth-order valence-electron chi connectivity index (χ4n) is 4.65. The molecule has 2 N–H and O–H groups in total. The molecule has 4 aromatic rings. The number of aromatic nitrogens is 5. The van der Waals surface area contributed by atoms with Crippen LogP contribution in [0.3, 0.4) is 0 Å². The summed E-state index contributed by atoms with van der Waals surface area (Å²) in [5.74, 6) is 0.738. The van der Waals surface area contributed by atoms with Crippen molar-refractivity contribution in [3.05, 3.63) is 53.7 Å². The molecule has 0 atom stereocenters. The molecule has 1 aliphatic rings. The highest BCUT2D eigenvalue weighted by molar-refractivity contribution is 5.87. The third kappa shape index (κ3) is 4.19. The quantitative estimate of drug-likeness (QED) is 0.463. The maximum atomic E-state index is 14.8. The molecule has 3 aromatic heterocycles. The second-order valence-corrected chi connectivity index (χ2v) is 9.00. The summed E-state index contributed by atoms with van der Waals surface area (Å²) < 4.78 is 16.7. The lowest BCUT2D eigenvalue weighted by molar-refractivity contribution is 0.588. The smallest absolute Gasteiger partial charge is 0.229 e. The van der Waals surface area contributed by atoms with Gasteiger partial charge in [-0.3, -0.25) is 4.68 Å². The van der Waals surface area contributed by atoms with Gasteiger partial charge in [-0.25, -0.2) is 19.3 Å². The third-order valence-electron chi connectivity index (χ3n) is 6.22. The normalized spacial score (nSPS) is 14.2. The number of halogens is 1. The van der Waals surface area contributed by atoms with E-state index in [1.807, 2.05) is 42.2 Å². The van der Waals surface area contributed by atoms with Crippen molar-refractivity contribution in [1.29, 1.82) is 0 Å². The highest BCUT2D eigenvalue weighted by Crippen LogP contribution is 2.30. The molecule has 0 saturated carbocycles. The maximum Gasteiger partial charge on any atom is 0.229 e. The van der Waals surface area contributed by atoms with Gasteiger partial charge in [0, 0.05) is 49.9 Å². The molecule has 0 spiro atoms. The second kappa shape index (κ2) is 8.98. The Morgan fingerprint density at radius 3 is 2.62 bits per heavy atom. The lowest BCUT2D eigenvalue weighted by Gasteiger charge is -2.30. The SMILES string of the molecule is Cc1cc(Nc2ncc(F)c(-c3ccc4nn(C)c(C(C)C)c4c3)n2)ncc1N1CCNCC1. The fourth-order valence-corrected chi connectivity index (χ4v) is 4.65. The molecule has 1 aliphatic heterocycles. The highest BCUT2D eigenvalue weighted by atomic mass is 19.1. The van der Waals surface area contributed by atoms with Gasteiger partial charge in [-0.15, -0.1) is 0 Å². The molecular weight excluding hydrogens is 431 g/mol. The lowest BCUT2D eigenvalue weighted by Crippen LogP contribution is -2.43. The summed E-state index contributed by atoms with van der Waals surface area (Å²) in [5, 5.41) is 12.1. The van der Waals surface area contributed by atoms with E-state index in [0.717, 1.165) is 54.0 Å². The van der Waals surface area contributed by atoms with E-state index in [1.54, 1.807) is 0 Å². The fraction of sp³-hybridized carbons (Fsp3) is 0.360. The summed E-state index contributed by atoms with van der Waals surface area (Å²) in [6.45, 7) is 10.2. The van der Waals surface area contributed by atoms with Crippen LogP contribution in [0.4, 0.5) is 21.8 Å². The average molecular weight is 461 g/mol. The Labute approximate surface area is 198 Å². The zero-order chi connectivity index (χ0) is 23.8. The first-order valence-corrected chi connectivity index (χ1v) is 11.6. The van der Waals surface area contributed by atoms with Crippen LogP contribution in [-0.2, 0) is 7.05 Å². The van der Waals surface area contributed by atoms with Gasteiger partial charge in [0.25, 0.3) is 0 Å². The molecule has 0 bridgehead atoms. The number of hydrogen-bond acceptors (Lipinski definition) is 7. The number of pyridine rings is 1. The van der Waals surface area contributed by atoms with Crippen LogP contribution in [0.25, 0.3) is 22.2 Å². The minimum Gasteiger partial charge on any atom is -0.368 e. The van der Waals surface area contributed by atoms with Crippen molar-refractivity contribution in [2.75, 3.05) is 36.4 Å². The van der Waals surface area contributed by atoms with Crippen LogP contribution in [-0.4, -0.2) is 50.9 Å². The predicted molar refractivity (Wildman–Crippen MR) is 133 cm³/mol. The molecule has 1 aromatic carbocycles. The van der Waals surface area contributed by atoms with Crippen molar-refractivity contribution in [2.45, 2.75) is 26.7 Å². The van der Waals surface area contributed by atoms with Crippen LogP contribution in [0, 0.1) is 12.7 Å². The molecule has 34 heavy (non-hydrogen) atoms. The average Bonchev–Trinajstić information content (AvgIpc) is 3.16. The molecule has 9 heteroatoms. The van der Waals surface area contributed by atoms with Crippen molar-refractivity contribution in [2.24, 2.45) is 7.05 Å². The minimum atomic E-state index is -0.474. The van der Waals surface area contributed by atoms with Crippen LogP contribution in [0.15, 0.2) is 36.7 Å². The predicted octanol–water partition coefficient (Wildman–Crippen LogP) is 4.15. The first-order chi connectivity index (χ1) is 16.4. The van der Waals surface area contributed by atoms with Gasteiger partial charge in [0.15, 0.2) is 5.82 Å². The molecule has 1 saturated heterocycles. The summed E-state index contributed by atoms with van der Waals surface area (Å²) >= 11 is 0. The van der Waals surface area contributed by atoms with Crippen LogP contribution in [0.1, 0.15) is 31.0 Å². The molecule has 0 aliphatic carbocycles. The van der Waals surface area contributed by atoms with Crippen molar-refractivity contribution in [3.8, 4) is 11.3 Å². The van der Waals surface area contributed by atoms with Gasteiger partial charge in [0.05, 0.1) is 23.6 Å². The molecule has 0 unspecified atom stereocenters. The Morgan fingerprint density at radius 2 is 1.88 bits per heavy atom. The van der Waals surface area contributed by atoms with Gasteiger partial charge in [-0.1, -0.05) is 19.9 Å².